The number of hydrogen-bond acceptors (Lipinski definition) is 4. The predicted octanol–water partition coefficient (Wildman–Crippen LogP) is 3.81. The zero-order chi connectivity index (χ0) is 21.8. The molecule has 31 heavy (non-hydrogen) atoms. The van der Waals surface area contributed by atoms with Crippen molar-refractivity contribution < 1.29 is 14.3 Å². The normalized spacial score (nSPS) is 14.7. The molecule has 2 aromatic carbocycles. The average molecular weight is 421 g/mol. The Labute approximate surface area is 181 Å². The quantitative estimate of drug-likeness (QED) is 0.566. The molecule has 162 valence electrons. The first-order valence-electron chi connectivity index (χ1n) is 10.6. The van der Waals surface area contributed by atoms with Crippen LogP contribution in [0.3, 0.4) is 0 Å². The third kappa shape index (κ3) is 5.31. The van der Waals surface area contributed by atoms with E-state index in [4.69, 9.17) is 4.74 Å². The van der Waals surface area contributed by atoms with Crippen LogP contribution in [0.15, 0.2) is 48.5 Å². The van der Waals surface area contributed by atoms with Gasteiger partial charge in [-0.05, 0) is 47.9 Å². The minimum atomic E-state index is -0.202. The number of carbonyl (C=O) groups is 2. The maximum absolute atomic E-state index is 12.7. The molecule has 0 bridgehead atoms. The number of ether oxygens (including phenoxy) is 1. The third-order valence-electron chi connectivity index (χ3n) is 5.46. The molecule has 1 fully saturated rings. The Hall–Kier alpha value is -3.16. The Kier molecular flexibility index (Phi) is 6.34. The van der Waals surface area contributed by atoms with Crippen LogP contribution in [-0.2, 0) is 9.53 Å². The van der Waals surface area contributed by atoms with Gasteiger partial charge in [0.05, 0.1) is 19.8 Å². The fourth-order valence-electron chi connectivity index (χ4n) is 3.62. The number of fused-ring (bicyclic) bond motifs is 1. The van der Waals surface area contributed by atoms with Gasteiger partial charge in [-0.1, -0.05) is 26.0 Å². The molecule has 2 amide bonds. The molecule has 1 aliphatic rings. The summed E-state index contributed by atoms with van der Waals surface area (Å²) in [7, 11) is 0. The van der Waals surface area contributed by atoms with Crippen LogP contribution in [0.2, 0.25) is 0 Å². The second kappa shape index (κ2) is 9.32. The molecule has 0 aliphatic carbocycles. The Morgan fingerprint density at radius 1 is 1.00 bits per heavy atom. The van der Waals surface area contributed by atoms with Gasteiger partial charge in [0.25, 0.3) is 5.91 Å². The number of nitrogens with zero attached hydrogens (tertiary/aromatic N) is 1. The highest BCUT2D eigenvalue weighted by Crippen LogP contribution is 2.22. The van der Waals surface area contributed by atoms with Crippen LogP contribution in [0.5, 0.6) is 0 Å². The minimum Gasteiger partial charge on any atom is -0.379 e. The lowest BCUT2D eigenvalue weighted by atomic mass is 10.0. The smallest absolute Gasteiger partial charge is 0.272 e. The van der Waals surface area contributed by atoms with Crippen molar-refractivity contribution >= 4 is 34.1 Å². The highest BCUT2D eigenvalue weighted by atomic mass is 16.5. The second-order valence-corrected chi connectivity index (χ2v) is 8.15. The van der Waals surface area contributed by atoms with Gasteiger partial charge in [-0.3, -0.25) is 14.5 Å². The van der Waals surface area contributed by atoms with Crippen molar-refractivity contribution in [3.63, 3.8) is 0 Å². The van der Waals surface area contributed by atoms with E-state index in [1.807, 2.05) is 12.1 Å². The summed E-state index contributed by atoms with van der Waals surface area (Å²) in [4.78, 5) is 30.1. The number of H-pyrrole nitrogens is 1. The molecule has 3 N–H and O–H groups in total. The second-order valence-electron chi connectivity index (χ2n) is 8.15. The summed E-state index contributed by atoms with van der Waals surface area (Å²) in [6, 6.07) is 15.2. The molecule has 7 heteroatoms. The number of aromatic amines is 1. The monoisotopic (exact) mass is 420 g/mol. The van der Waals surface area contributed by atoms with Crippen molar-refractivity contribution in [2.24, 2.45) is 0 Å². The number of rotatable bonds is 6. The van der Waals surface area contributed by atoms with Gasteiger partial charge in [0, 0.05) is 35.4 Å². The minimum absolute atomic E-state index is 0.0578. The summed E-state index contributed by atoms with van der Waals surface area (Å²) in [5.41, 5.74) is 4.06. The molecule has 0 spiro atoms. The average Bonchev–Trinajstić information content (AvgIpc) is 3.19. The van der Waals surface area contributed by atoms with Crippen LogP contribution in [0, 0.1) is 0 Å². The fourth-order valence-corrected chi connectivity index (χ4v) is 3.62. The molecule has 2 heterocycles. The molecule has 0 unspecified atom stereocenters. The Morgan fingerprint density at radius 2 is 1.68 bits per heavy atom. The number of hydrogen-bond donors (Lipinski definition) is 3. The zero-order valence-corrected chi connectivity index (χ0v) is 17.9. The summed E-state index contributed by atoms with van der Waals surface area (Å²) in [6.07, 6.45) is 0. The third-order valence-corrected chi connectivity index (χ3v) is 5.46. The zero-order valence-electron chi connectivity index (χ0n) is 17.9. The van der Waals surface area contributed by atoms with Crippen molar-refractivity contribution in [1.82, 2.24) is 9.88 Å². The predicted molar refractivity (Wildman–Crippen MR) is 123 cm³/mol. The van der Waals surface area contributed by atoms with E-state index in [0.717, 1.165) is 24.0 Å². The first kappa shape index (κ1) is 21.1. The Morgan fingerprint density at radius 3 is 2.35 bits per heavy atom. The number of aromatic nitrogens is 1. The van der Waals surface area contributed by atoms with E-state index in [2.05, 4.69) is 46.5 Å². The van der Waals surface area contributed by atoms with Crippen LogP contribution in [0.1, 0.15) is 35.8 Å². The van der Waals surface area contributed by atoms with E-state index in [-0.39, 0.29) is 11.8 Å². The summed E-state index contributed by atoms with van der Waals surface area (Å²) in [6.45, 7) is 7.50. The van der Waals surface area contributed by atoms with Crippen LogP contribution >= 0.6 is 0 Å². The van der Waals surface area contributed by atoms with Gasteiger partial charge >= 0.3 is 0 Å². The topological polar surface area (TPSA) is 86.5 Å². The summed E-state index contributed by atoms with van der Waals surface area (Å²) < 4.78 is 5.30. The number of amides is 2. The molecule has 3 aromatic rings. The summed E-state index contributed by atoms with van der Waals surface area (Å²) >= 11 is 0. The van der Waals surface area contributed by atoms with Gasteiger partial charge in [-0.15, -0.1) is 0 Å². The van der Waals surface area contributed by atoms with Gasteiger partial charge in [-0.2, -0.15) is 0 Å². The number of carbonyl (C=O) groups excluding carboxylic acids is 2. The van der Waals surface area contributed by atoms with E-state index >= 15 is 0 Å². The van der Waals surface area contributed by atoms with Gasteiger partial charge in [0.15, 0.2) is 0 Å². The SMILES string of the molecule is CC(C)c1ccc2cc(C(=O)Nc3ccc(NC(=O)CN4CCOCC4)cc3)[nH]c2c1. The molecular weight excluding hydrogens is 392 g/mol. The number of morpholine rings is 1. The lowest BCUT2D eigenvalue weighted by Crippen LogP contribution is -2.41. The van der Waals surface area contributed by atoms with Crippen LogP contribution in [-0.4, -0.2) is 54.5 Å². The maximum atomic E-state index is 12.7. The van der Waals surface area contributed by atoms with E-state index < -0.39 is 0 Å². The lowest BCUT2D eigenvalue weighted by molar-refractivity contribution is -0.118. The summed E-state index contributed by atoms with van der Waals surface area (Å²) in [5.74, 6) is 0.168. The number of anilines is 2. The van der Waals surface area contributed by atoms with Gasteiger partial charge in [0.1, 0.15) is 5.69 Å². The summed E-state index contributed by atoms with van der Waals surface area (Å²) in [5, 5.41) is 6.80. The van der Waals surface area contributed by atoms with Gasteiger partial charge in [-0.25, -0.2) is 0 Å². The van der Waals surface area contributed by atoms with Crippen molar-refractivity contribution in [3.05, 3.63) is 59.8 Å². The van der Waals surface area contributed by atoms with Gasteiger partial charge in [0.2, 0.25) is 5.91 Å². The molecule has 0 saturated carbocycles. The van der Waals surface area contributed by atoms with Crippen molar-refractivity contribution in [2.45, 2.75) is 19.8 Å². The van der Waals surface area contributed by atoms with Crippen molar-refractivity contribution in [2.75, 3.05) is 43.5 Å². The number of nitrogens with one attached hydrogen (secondary N) is 3. The van der Waals surface area contributed by atoms with E-state index in [0.29, 0.717) is 42.7 Å². The Balaban J connectivity index is 1.35. The Bertz CT molecular complexity index is 1070. The van der Waals surface area contributed by atoms with E-state index in [1.165, 1.54) is 5.56 Å². The molecule has 4 rings (SSSR count). The van der Waals surface area contributed by atoms with E-state index in [9.17, 15) is 9.59 Å². The first-order valence-corrected chi connectivity index (χ1v) is 10.6. The maximum Gasteiger partial charge on any atom is 0.272 e. The first-order chi connectivity index (χ1) is 15.0. The molecule has 7 nitrogen and oxygen atoms in total. The molecular formula is C24H28N4O3. The highest BCUT2D eigenvalue weighted by Gasteiger charge is 2.15. The lowest BCUT2D eigenvalue weighted by Gasteiger charge is -2.25. The van der Waals surface area contributed by atoms with Crippen LogP contribution < -0.4 is 10.6 Å². The van der Waals surface area contributed by atoms with E-state index in [1.54, 1.807) is 24.3 Å². The van der Waals surface area contributed by atoms with Gasteiger partial charge < -0.3 is 20.4 Å². The van der Waals surface area contributed by atoms with Crippen LogP contribution in [0.4, 0.5) is 11.4 Å². The number of benzene rings is 2. The molecule has 0 atom stereocenters. The molecule has 0 radical (unpaired) electrons. The van der Waals surface area contributed by atoms with Crippen LogP contribution in [0.25, 0.3) is 10.9 Å². The van der Waals surface area contributed by atoms with Crippen molar-refractivity contribution in [1.29, 1.82) is 0 Å². The fraction of sp³-hybridized carbons (Fsp3) is 0.333. The standard InChI is InChI=1S/C24H28N4O3/c1-16(2)17-3-4-18-14-22(27-21(18)13-17)24(30)26-20-7-5-19(6-8-20)25-23(29)15-28-9-11-31-12-10-28/h3-8,13-14,16,27H,9-12,15H2,1-2H3,(H,25,29)(H,26,30). The van der Waals surface area contributed by atoms with Crippen molar-refractivity contribution in [3.8, 4) is 0 Å². The largest absolute Gasteiger partial charge is 0.379 e. The molecule has 1 aliphatic heterocycles. The highest BCUT2D eigenvalue weighted by molar-refractivity contribution is 6.06. The molecule has 1 saturated heterocycles. The molecule has 1 aromatic heterocycles.